The molecule has 16 nitrogen and oxygen atoms in total. The second-order valence-electron chi connectivity index (χ2n) is 17.5. The van der Waals surface area contributed by atoms with Crippen LogP contribution in [-0.4, -0.2) is 121 Å². The highest BCUT2D eigenvalue weighted by molar-refractivity contribution is 7.13. The number of hydrogen-bond donors (Lipinski definition) is 4. The summed E-state index contributed by atoms with van der Waals surface area (Å²) in [4.78, 5) is 71.3. The van der Waals surface area contributed by atoms with E-state index < -0.39 is 6.10 Å². The standard InChI is InChI=1S/C33H48N6O7.C12H12N2OS.C4H10/c1-36(2)19-27-28(45-4)15-22(16-29(27)46-5)25-20-37(3)32(43)26-21-39(14-11-24(25)26)33(44)34-12-8-6-7-9-30(41)35-17-31(42)38-13-10-23(40)18-38;1-9-12(16-8-14-9)11-4-2-10(3-5-11)6-13-7-15;1-4(2)3/h15-16,20,23,40H,6-14,17-19,21H2,1-5H3,(H,34,44)(H,35,41);2-5,7-8H,6H2,1H3,(H,13,15);4H,1-3H3. The number of aryl methyl sites for hydroxylation is 2. The number of amides is 5. The fraction of sp³-hybridized carbons (Fsp3) is 0.510. The lowest BCUT2D eigenvalue weighted by Crippen LogP contribution is -2.45. The van der Waals surface area contributed by atoms with Gasteiger partial charge < -0.3 is 49.8 Å². The third-order valence-electron chi connectivity index (χ3n) is 10.9. The first-order valence-corrected chi connectivity index (χ1v) is 23.5. The van der Waals surface area contributed by atoms with Gasteiger partial charge in [-0.15, -0.1) is 11.3 Å². The van der Waals surface area contributed by atoms with Crippen LogP contribution in [0.4, 0.5) is 4.79 Å². The molecule has 4 N–H and O–H groups in total. The van der Waals surface area contributed by atoms with E-state index in [4.69, 9.17) is 9.47 Å². The Morgan fingerprint density at radius 1 is 0.970 bits per heavy atom. The van der Waals surface area contributed by atoms with Gasteiger partial charge in [-0.2, -0.15) is 0 Å². The van der Waals surface area contributed by atoms with Gasteiger partial charge >= 0.3 is 6.03 Å². The van der Waals surface area contributed by atoms with Crippen LogP contribution >= 0.6 is 11.3 Å². The average Bonchev–Trinajstić information content (AvgIpc) is 3.94. The number of carbonyl (C=O) groups excluding carboxylic acids is 4. The number of carbonyl (C=O) groups is 4. The summed E-state index contributed by atoms with van der Waals surface area (Å²) in [5.41, 5.74) is 9.31. The summed E-state index contributed by atoms with van der Waals surface area (Å²) in [7, 11) is 8.95. The number of benzene rings is 2. The van der Waals surface area contributed by atoms with Crippen LogP contribution in [0.3, 0.4) is 0 Å². The number of β-amino-alcohol motifs (C(OH)–C–C–N with tert-alkyl or cyclic N) is 1. The van der Waals surface area contributed by atoms with Gasteiger partial charge in [0.25, 0.3) is 5.56 Å². The molecule has 0 spiro atoms. The number of urea groups is 1. The second kappa shape index (κ2) is 26.4. The van der Waals surface area contributed by atoms with Gasteiger partial charge in [0, 0.05) is 70.1 Å². The van der Waals surface area contributed by atoms with Crippen molar-refractivity contribution >= 4 is 35.6 Å². The van der Waals surface area contributed by atoms with Crippen LogP contribution < -0.4 is 31.0 Å². The van der Waals surface area contributed by atoms with E-state index in [2.05, 4.69) is 53.8 Å². The summed E-state index contributed by atoms with van der Waals surface area (Å²) in [6.45, 7) is 11.6. The molecular formula is C49H70N8O8S. The summed E-state index contributed by atoms with van der Waals surface area (Å²) in [5.74, 6) is 1.87. The predicted molar refractivity (Wildman–Crippen MR) is 260 cm³/mol. The summed E-state index contributed by atoms with van der Waals surface area (Å²) in [6.07, 6.45) is 5.56. The van der Waals surface area contributed by atoms with Crippen LogP contribution in [0.25, 0.3) is 21.6 Å². The predicted octanol–water partition coefficient (Wildman–Crippen LogP) is 5.50. The number of fused-ring (bicyclic) bond motifs is 1. The third kappa shape index (κ3) is 15.7. The minimum Gasteiger partial charge on any atom is -0.496 e. The molecule has 0 saturated carbocycles. The summed E-state index contributed by atoms with van der Waals surface area (Å²) < 4.78 is 13.0. The fourth-order valence-corrected chi connectivity index (χ4v) is 8.40. The van der Waals surface area contributed by atoms with Gasteiger partial charge in [0.05, 0.1) is 55.1 Å². The van der Waals surface area contributed by atoms with Gasteiger partial charge in [0.15, 0.2) is 0 Å². The third-order valence-corrected chi connectivity index (χ3v) is 11.9. The normalized spacial score (nSPS) is 14.1. The molecule has 0 radical (unpaired) electrons. The largest absolute Gasteiger partial charge is 0.496 e. The van der Waals surface area contributed by atoms with Crippen LogP contribution in [0.15, 0.2) is 52.9 Å². The molecule has 2 aromatic heterocycles. The molecule has 66 heavy (non-hydrogen) atoms. The minimum absolute atomic E-state index is 0.0589. The molecule has 0 aliphatic carbocycles. The number of rotatable bonds is 17. The average molecular weight is 931 g/mol. The van der Waals surface area contributed by atoms with Crippen LogP contribution in [-0.2, 0) is 47.5 Å². The lowest BCUT2D eigenvalue weighted by molar-refractivity contribution is -0.132. The molecule has 17 heteroatoms. The molecular weight excluding hydrogens is 861 g/mol. The van der Waals surface area contributed by atoms with Crippen molar-refractivity contribution in [3.63, 3.8) is 0 Å². The van der Waals surface area contributed by atoms with E-state index in [1.165, 1.54) is 10.4 Å². The van der Waals surface area contributed by atoms with Crippen molar-refractivity contribution < 1.29 is 33.8 Å². The number of aliphatic hydroxyl groups excluding tert-OH is 1. The van der Waals surface area contributed by atoms with Gasteiger partial charge in [0.2, 0.25) is 18.2 Å². The summed E-state index contributed by atoms with van der Waals surface area (Å²) in [6, 6.07) is 11.9. The van der Waals surface area contributed by atoms with E-state index in [0.717, 1.165) is 45.8 Å². The molecule has 6 rings (SSSR count). The van der Waals surface area contributed by atoms with E-state index in [9.17, 15) is 29.1 Å². The van der Waals surface area contributed by atoms with Crippen molar-refractivity contribution in [2.45, 2.75) is 92.0 Å². The van der Waals surface area contributed by atoms with E-state index in [0.29, 0.717) is 94.8 Å². The van der Waals surface area contributed by atoms with E-state index in [1.807, 2.05) is 61.9 Å². The van der Waals surface area contributed by atoms with Gasteiger partial charge in [-0.05, 0) is 87.0 Å². The molecule has 4 heterocycles. The highest BCUT2D eigenvalue weighted by Crippen LogP contribution is 2.38. The number of ether oxygens (including phenoxy) is 2. The smallest absolute Gasteiger partial charge is 0.317 e. The number of thiazole rings is 1. The number of unbranched alkanes of at least 4 members (excludes halogenated alkanes) is 2. The Morgan fingerprint density at radius 3 is 2.23 bits per heavy atom. The maximum atomic E-state index is 13.2. The molecule has 1 atom stereocenters. The van der Waals surface area contributed by atoms with Crippen molar-refractivity contribution in [2.24, 2.45) is 13.0 Å². The summed E-state index contributed by atoms with van der Waals surface area (Å²) >= 11 is 1.64. The highest BCUT2D eigenvalue weighted by atomic mass is 32.1. The van der Waals surface area contributed by atoms with E-state index in [-0.39, 0.29) is 36.5 Å². The van der Waals surface area contributed by atoms with Crippen LogP contribution in [0.1, 0.15) is 80.8 Å². The van der Waals surface area contributed by atoms with Crippen molar-refractivity contribution in [3.8, 4) is 33.1 Å². The first kappa shape index (κ1) is 52.8. The van der Waals surface area contributed by atoms with Crippen molar-refractivity contribution in [2.75, 3.05) is 61.0 Å². The zero-order valence-corrected chi connectivity index (χ0v) is 41.0. The SMILES string of the molecule is CC(C)C.COc1cc(-c2cn(C)c(=O)c3c2CCN(C(=O)NCCCCCC(=O)NCC(=O)N2CCC(O)C2)C3)cc(OC)c1CN(C)C.Cc1ncsc1-c1ccc(CNC=O)cc1. The van der Waals surface area contributed by atoms with Crippen LogP contribution in [0.5, 0.6) is 11.5 Å². The number of nitrogens with one attached hydrogen (secondary N) is 3. The van der Waals surface area contributed by atoms with E-state index in [1.54, 1.807) is 47.0 Å². The molecule has 5 amide bonds. The number of nitrogens with zero attached hydrogens (tertiary/aromatic N) is 5. The Balaban J connectivity index is 0.000000392. The maximum Gasteiger partial charge on any atom is 0.317 e. The lowest BCUT2D eigenvalue weighted by Gasteiger charge is -2.30. The molecule has 2 aromatic carbocycles. The highest BCUT2D eigenvalue weighted by Gasteiger charge is 2.28. The Morgan fingerprint density at radius 2 is 1.65 bits per heavy atom. The van der Waals surface area contributed by atoms with Crippen LogP contribution in [0, 0.1) is 12.8 Å². The maximum absolute atomic E-state index is 13.2. The van der Waals surface area contributed by atoms with Crippen LogP contribution in [0.2, 0.25) is 0 Å². The fourth-order valence-electron chi connectivity index (χ4n) is 7.58. The molecule has 360 valence electrons. The van der Waals surface area contributed by atoms with Gasteiger partial charge in [-0.3, -0.25) is 19.2 Å². The van der Waals surface area contributed by atoms with Crippen molar-refractivity contribution in [1.29, 1.82) is 0 Å². The van der Waals surface area contributed by atoms with Gasteiger partial charge in [-0.25, -0.2) is 9.78 Å². The Kier molecular flexibility index (Phi) is 21.1. The zero-order valence-electron chi connectivity index (χ0n) is 40.2. The number of aromatic nitrogens is 2. The first-order chi connectivity index (χ1) is 31.6. The number of aliphatic hydroxyl groups is 1. The topological polar surface area (TPSA) is 188 Å². The van der Waals surface area contributed by atoms with Gasteiger partial charge in [-0.1, -0.05) is 51.5 Å². The molecule has 0 bridgehead atoms. The second-order valence-corrected chi connectivity index (χ2v) is 18.3. The molecule has 2 aliphatic heterocycles. The quantitative estimate of drug-likeness (QED) is 0.0779. The molecule has 1 fully saturated rings. The van der Waals surface area contributed by atoms with E-state index >= 15 is 0 Å². The summed E-state index contributed by atoms with van der Waals surface area (Å²) in [5, 5.41) is 17.8. The molecule has 2 aliphatic rings. The molecule has 1 unspecified atom stereocenters. The molecule has 4 aromatic rings. The number of hydrogen-bond acceptors (Lipinski definition) is 11. The van der Waals surface area contributed by atoms with Crippen molar-refractivity contribution in [1.82, 2.24) is 40.2 Å². The van der Waals surface area contributed by atoms with Crippen molar-refractivity contribution in [3.05, 3.63) is 86.4 Å². The Hall–Kier alpha value is -5.78. The Bertz CT molecular complexity index is 2250. The number of methoxy groups -OCH3 is 2. The Labute approximate surface area is 393 Å². The monoisotopic (exact) mass is 931 g/mol. The van der Waals surface area contributed by atoms with Gasteiger partial charge in [0.1, 0.15) is 11.5 Å². The number of pyridine rings is 1. The lowest BCUT2D eigenvalue weighted by atomic mass is 9.91. The molecule has 1 saturated heterocycles. The zero-order chi connectivity index (χ0) is 48.3. The number of likely N-dealkylation sites (tertiary alicyclic amines) is 1. The first-order valence-electron chi connectivity index (χ1n) is 22.6. The minimum atomic E-state index is -0.483.